The highest BCUT2D eigenvalue weighted by atomic mass is 79.9. The van der Waals surface area contributed by atoms with Gasteiger partial charge in [0.1, 0.15) is 11.4 Å². The molecule has 30 heavy (non-hydrogen) atoms. The summed E-state index contributed by atoms with van der Waals surface area (Å²) in [4.78, 5) is 12.6. The van der Waals surface area contributed by atoms with Crippen LogP contribution in [0.4, 0.5) is 0 Å². The Balaban J connectivity index is 2.64. The second-order valence-corrected chi connectivity index (χ2v) is 9.20. The third-order valence-electron chi connectivity index (χ3n) is 4.26. The summed E-state index contributed by atoms with van der Waals surface area (Å²) in [6, 6.07) is 14.9. The fourth-order valence-corrected chi connectivity index (χ4v) is 3.80. The fourth-order valence-electron chi connectivity index (χ4n) is 2.65. The molecule has 7 nitrogen and oxygen atoms in total. The largest absolute Gasteiger partial charge is 0.497 e. The first-order chi connectivity index (χ1) is 14.2. The Morgan fingerprint density at radius 2 is 1.80 bits per heavy atom. The highest BCUT2D eigenvalue weighted by Gasteiger charge is 2.24. The second kappa shape index (κ2) is 10.6. The number of hydrogen-bond acceptors (Lipinski definition) is 5. The summed E-state index contributed by atoms with van der Waals surface area (Å²) in [5.41, 5.74) is 1.53. The van der Waals surface area contributed by atoms with Crippen molar-refractivity contribution >= 4 is 32.1 Å². The molecule has 0 radical (unpaired) electrons. The molecule has 0 fully saturated rings. The van der Waals surface area contributed by atoms with E-state index in [0.717, 1.165) is 19.9 Å². The van der Waals surface area contributed by atoms with E-state index >= 15 is 0 Å². The fraction of sp³-hybridized carbons (Fsp3) is 0.286. The van der Waals surface area contributed by atoms with Crippen LogP contribution in [0.1, 0.15) is 24.0 Å². The summed E-state index contributed by atoms with van der Waals surface area (Å²) < 4.78 is 39.2. The Morgan fingerprint density at radius 1 is 1.17 bits per heavy atom. The molecule has 0 heterocycles. The average Bonchev–Trinajstić information content (AvgIpc) is 2.72. The van der Waals surface area contributed by atoms with Crippen molar-refractivity contribution in [2.45, 2.75) is 12.8 Å². The maximum atomic E-state index is 12.6. The number of methoxy groups -OCH3 is 1. The summed E-state index contributed by atoms with van der Waals surface area (Å²) in [7, 11) is 0.419. The van der Waals surface area contributed by atoms with E-state index in [0.29, 0.717) is 5.75 Å². The molecule has 1 N–H and O–H groups in total. The zero-order valence-corrected chi connectivity index (χ0v) is 19.7. The van der Waals surface area contributed by atoms with E-state index in [4.69, 9.17) is 9.47 Å². The topological polar surface area (TPSA) is 84.9 Å². The maximum Gasteiger partial charge on any atom is 0.355 e. The lowest BCUT2D eigenvalue weighted by Crippen LogP contribution is -2.37. The number of allylic oxidation sites excluding steroid dienone is 1. The smallest absolute Gasteiger partial charge is 0.355 e. The van der Waals surface area contributed by atoms with Gasteiger partial charge in [-0.2, -0.15) is 12.7 Å². The van der Waals surface area contributed by atoms with Crippen LogP contribution in [-0.4, -0.2) is 46.5 Å². The zero-order chi connectivity index (χ0) is 22.3. The van der Waals surface area contributed by atoms with Gasteiger partial charge in [0.05, 0.1) is 13.7 Å². The highest BCUT2D eigenvalue weighted by Crippen LogP contribution is 2.33. The Labute approximate surface area is 186 Å². The molecule has 1 atom stereocenters. The minimum atomic E-state index is -3.91. The third-order valence-corrected chi connectivity index (χ3v) is 6.43. The minimum absolute atomic E-state index is 0.113. The van der Waals surface area contributed by atoms with Gasteiger partial charge in [0.2, 0.25) is 0 Å². The van der Waals surface area contributed by atoms with Crippen LogP contribution >= 0.6 is 15.9 Å². The summed E-state index contributed by atoms with van der Waals surface area (Å²) in [5, 5.41) is 0. The van der Waals surface area contributed by atoms with Gasteiger partial charge in [-0.3, -0.25) is 4.72 Å². The van der Waals surface area contributed by atoms with Crippen LogP contribution in [0.2, 0.25) is 0 Å². The van der Waals surface area contributed by atoms with Gasteiger partial charge in [-0.25, -0.2) is 4.79 Å². The molecule has 9 heteroatoms. The number of nitrogens with zero attached hydrogens (tertiary/aromatic N) is 1. The van der Waals surface area contributed by atoms with Crippen molar-refractivity contribution in [1.82, 2.24) is 9.03 Å². The Kier molecular flexibility index (Phi) is 8.45. The van der Waals surface area contributed by atoms with Crippen molar-refractivity contribution in [3.05, 3.63) is 75.9 Å². The molecule has 0 saturated carbocycles. The van der Waals surface area contributed by atoms with Crippen molar-refractivity contribution in [1.29, 1.82) is 0 Å². The Bertz CT molecular complexity index is 1000. The lowest BCUT2D eigenvalue weighted by atomic mass is 9.90. The van der Waals surface area contributed by atoms with Crippen LogP contribution in [0.3, 0.4) is 0 Å². The number of esters is 1. The van der Waals surface area contributed by atoms with Crippen molar-refractivity contribution in [3.63, 3.8) is 0 Å². The number of hydrogen-bond donors (Lipinski definition) is 1. The Hall–Kier alpha value is -2.36. The van der Waals surface area contributed by atoms with Crippen LogP contribution in [0.15, 0.2) is 64.8 Å². The van der Waals surface area contributed by atoms with Gasteiger partial charge in [0.15, 0.2) is 0 Å². The first-order valence-electron chi connectivity index (χ1n) is 9.17. The molecule has 0 amide bonds. The van der Waals surface area contributed by atoms with Crippen molar-refractivity contribution in [2.75, 3.05) is 27.8 Å². The van der Waals surface area contributed by atoms with Gasteiger partial charge < -0.3 is 9.47 Å². The third kappa shape index (κ3) is 6.07. The highest BCUT2D eigenvalue weighted by molar-refractivity contribution is 9.10. The van der Waals surface area contributed by atoms with Crippen LogP contribution in [0.25, 0.3) is 0 Å². The molecule has 0 saturated heterocycles. The molecule has 2 rings (SSSR count). The van der Waals surface area contributed by atoms with Gasteiger partial charge in [0.25, 0.3) is 0 Å². The SMILES string of the molecule is CCOC(=O)/C(=C/[C@H](c1ccc(OC)cc1)c1ccccc1Br)NS(=O)(=O)N(C)C. The molecule has 0 aliphatic rings. The van der Waals surface area contributed by atoms with E-state index in [1.807, 2.05) is 36.4 Å². The van der Waals surface area contributed by atoms with E-state index in [1.165, 1.54) is 14.1 Å². The molecule has 0 spiro atoms. The molecule has 0 aromatic heterocycles. The first-order valence-corrected chi connectivity index (χ1v) is 11.4. The van der Waals surface area contributed by atoms with Crippen molar-refractivity contribution < 1.29 is 22.7 Å². The van der Waals surface area contributed by atoms with Crippen molar-refractivity contribution in [3.8, 4) is 5.75 Å². The van der Waals surface area contributed by atoms with Crippen LogP contribution < -0.4 is 9.46 Å². The lowest BCUT2D eigenvalue weighted by molar-refractivity contribution is -0.138. The van der Waals surface area contributed by atoms with E-state index in [1.54, 1.807) is 32.2 Å². The molecule has 0 aliphatic heterocycles. The molecule has 2 aromatic rings. The number of nitrogens with one attached hydrogen (secondary N) is 1. The number of benzene rings is 2. The van der Waals surface area contributed by atoms with E-state index in [9.17, 15) is 13.2 Å². The molecule has 2 aromatic carbocycles. The first kappa shape index (κ1) is 23.9. The normalized spacial score (nSPS) is 13.1. The summed E-state index contributed by atoms with van der Waals surface area (Å²) in [5.74, 6) is -0.503. The Morgan fingerprint density at radius 3 is 2.33 bits per heavy atom. The molecule has 0 bridgehead atoms. The predicted molar refractivity (Wildman–Crippen MR) is 119 cm³/mol. The monoisotopic (exact) mass is 496 g/mol. The lowest BCUT2D eigenvalue weighted by Gasteiger charge is -2.20. The van der Waals surface area contributed by atoms with E-state index < -0.39 is 22.1 Å². The standard InChI is InChI=1S/C21H25BrN2O5S/c1-5-29-21(25)20(23-30(26,27)24(2)3)14-18(17-8-6-7-9-19(17)22)15-10-12-16(28-4)13-11-15/h6-14,18,23H,5H2,1-4H3/b20-14-/t18-/m1/s1. The molecular formula is C21H25BrN2O5S. The molecule has 0 aliphatic carbocycles. The van der Waals surface area contributed by atoms with Gasteiger partial charge in [-0.15, -0.1) is 0 Å². The van der Waals surface area contributed by atoms with Gasteiger partial charge in [0, 0.05) is 24.5 Å². The van der Waals surface area contributed by atoms with Crippen LogP contribution in [0.5, 0.6) is 5.75 Å². The zero-order valence-electron chi connectivity index (χ0n) is 17.3. The molecule has 162 valence electrons. The second-order valence-electron chi connectivity index (χ2n) is 6.46. The number of carbonyl (C=O) groups excluding carboxylic acids is 1. The van der Waals surface area contributed by atoms with Crippen molar-refractivity contribution in [2.24, 2.45) is 0 Å². The minimum Gasteiger partial charge on any atom is -0.497 e. The van der Waals surface area contributed by atoms with Gasteiger partial charge in [-0.1, -0.05) is 46.3 Å². The predicted octanol–water partition coefficient (Wildman–Crippen LogP) is 3.43. The van der Waals surface area contributed by atoms with E-state index in [2.05, 4.69) is 20.7 Å². The quantitative estimate of drug-likeness (QED) is 0.424. The number of rotatable bonds is 9. The number of ether oxygens (including phenoxy) is 2. The van der Waals surface area contributed by atoms with Gasteiger partial charge >= 0.3 is 16.2 Å². The molecular weight excluding hydrogens is 472 g/mol. The summed E-state index contributed by atoms with van der Waals surface area (Å²) in [6.45, 7) is 1.77. The van der Waals surface area contributed by atoms with Gasteiger partial charge in [-0.05, 0) is 42.3 Å². The van der Waals surface area contributed by atoms with E-state index in [-0.39, 0.29) is 12.3 Å². The van der Waals surface area contributed by atoms with Crippen LogP contribution in [0, 0.1) is 0 Å². The summed E-state index contributed by atoms with van der Waals surface area (Å²) >= 11 is 3.55. The van der Waals surface area contributed by atoms with Crippen LogP contribution in [-0.2, 0) is 19.7 Å². The number of halogens is 1. The number of carbonyl (C=O) groups is 1. The maximum absolute atomic E-state index is 12.6. The molecule has 0 unspecified atom stereocenters. The average molecular weight is 497 g/mol. The summed E-state index contributed by atoms with van der Waals surface area (Å²) in [6.07, 6.45) is 1.56.